The van der Waals surface area contributed by atoms with Gasteiger partial charge in [0.05, 0.1) is 35.9 Å². The van der Waals surface area contributed by atoms with Gasteiger partial charge in [-0.25, -0.2) is 56.6 Å². The van der Waals surface area contributed by atoms with Crippen molar-refractivity contribution in [2.75, 3.05) is 23.8 Å². The first kappa shape index (κ1) is 52.9. The summed E-state index contributed by atoms with van der Waals surface area (Å²) in [5, 5.41) is 7.92. The van der Waals surface area contributed by atoms with E-state index < -0.39 is 53.5 Å². The number of fused-ring (bicyclic) bond motifs is 2. The second kappa shape index (κ2) is 24.9. The predicted molar refractivity (Wildman–Crippen MR) is 253 cm³/mol. The molecule has 5 heterocycles. The fraction of sp³-hybridized carbons (Fsp3) is 0.204. The summed E-state index contributed by atoms with van der Waals surface area (Å²) in [5.74, 6) is -1.87. The van der Waals surface area contributed by atoms with Crippen molar-refractivity contribution in [2.24, 2.45) is 5.73 Å². The van der Waals surface area contributed by atoms with E-state index in [1.54, 1.807) is 38.4 Å². The van der Waals surface area contributed by atoms with E-state index in [2.05, 4.69) is 40.9 Å². The van der Waals surface area contributed by atoms with Crippen molar-refractivity contribution in [1.29, 1.82) is 0 Å². The first-order valence-electron chi connectivity index (χ1n) is 21.7. The lowest BCUT2D eigenvalue weighted by atomic mass is 9.96. The van der Waals surface area contributed by atoms with Crippen LogP contribution in [0.5, 0.6) is 11.5 Å². The summed E-state index contributed by atoms with van der Waals surface area (Å²) in [5.41, 5.74) is 8.10. The SMILES string of the molecule is Cc1cc(NC(=O)c2ccc(F)c3c2OCC[C@@H]3N)ccc1F.Cc1cc(NC(=O)c2ccc(F)c3c2OCC[C@@H]3NC(=O)OCc2ncccn2)ccc1F.Cl.O=C(OCc1ncccn1)n1ccnc1. The van der Waals surface area contributed by atoms with Crippen LogP contribution in [0.4, 0.5) is 38.5 Å². The van der Waals surface area contributed by atoms with Gasteiger partial charge in [-0.2, -0.15) is 0 Å². The number of rotatable bonds is 9. The topological polar surface area (TPSA) is 237 Å². The average Bonchev–Trinajstić information content (AvgIpc) is 3.92. The number of nitrogens with zero attached hydrogens (tertiary/aromatic N) is 6. The molecule has 0 saturated heterocycles. The van der Waals surface area contributed by atoms with E-state index in [-0.39, 0.29) is 78.2 Å². The summed E-state index contributed by atoms with van der Waals surface area (Å²) < 4.78 is 77.8. The van der Waals surface area contributed by atoms with Crippen molar-refractivity contribution in [3.63, 3.8) is 0 Å². The van der Waals surface area contributed by atoms with Crippen LogP contribution < -0.4 is 31.2 Å². The number of nitrogens with two attached hydrogens (primary N) is 1. The lowest BCUT2D eigenvalue weighted by molar-refractivity contribution is 0.101. The van der Waals surface area contributed by atoms with Gasteiger partial charge in [0.2, 0.25) is 0 Å². The Kier molecular flexibility index (Phi) is 18.3. The summed E-state index contributed by atoms with van der Waals surface area (Å²) in [6.07, 6.45) is 10.1. The fourth-order valence-corrected chi connectivity index (χ4v) is 7.02. The highest BCUT2D eigenvalue weighted by atomic mass is 35.5. The third-order valence-electron chi connectivity index (χ3n) is 10.6. The lowest BCUT2D eigenvalue weighted by Gasteiger charge is -2.28. The quantitative estimate of drug-likeness (QED) is 0.0991. The molecule has 0 bridgehead atoms. The van der Waals surface area contributed by atoms with E-state index >= 15 is 0 Å². The molecular weight excluding hydrogens is 968 g/mol. The number of imidazole rings is 1. The van der Waals surface area contributed by atoms with Crippen molar-refractivity contribution < 1.29 is 55.7 Å². The van der Waals surface area contributed by atoms with Crippen LogP contribution in [0.25, 0.3) is 0 Å². The van der Waals surface area contributed by atoms with E-state index in [1.165, 1.54) is 90.3 Å². The Morgan fingerprint density at radius 2 is 1.15 bits per heavy atom. The largest absolute Gasteiger partial charge is 0.492 e. The number of hydrogen-bond donors (Lipinski definition) is 4. The van der Waals surface area contributed by atoms with Crippen molar-refractivity contribution in [3.8, 4) is 11.5 Å². The molecule has 0 aliphatic carbocycles. The van der Waals surface area contributed by atoms with E-state index in [0.29, 0.717) is 47.2 Å². The summed E-state index contributed by atoms with van der Waals surface area (Å²) in [6, 6.07) is 15.5. The van der Waals surface area contributed by atoms with Gasteiger partial charge in [0, 0.05) is 73.0 Å². The summed E-state index contributed by atoms with van der Waals surface area (Å²) in [6.45, 7) is 3.56. The molecular formula is C49H45ClF4N10O8. The number of aromatic nitrogens is 6. The minimum absolute atomic E-state index is 0. The minimum Gasteiger partial charge on any atom is -0.492 e. The third kappa shape index (κ3) is 13.6. The molecule has 2 aliphatic heterocycles. The zero-order valence-electron chi connectivity index (χ0n) is 38.3. The molecule has 0 fully saturated rings. The number of alkyl carbamates (subject to hydrolysis) is 1. The highest BCUT2D eigenvalue weighted by Crippen LogP contribution is 2.38. The van der Waals surface area contributed by atoms with Crippen molar-refractivity contribution >= 4 is 47.8 Å². The molecule has 2 atom stereocenters. The van der Waals surface area contributed by atoms with Crippen LogP contribution in [0, 0.1) is 37.1 Å². The van der Waals surface area contributed by atoms with Crippen LogP contribution >= 0.6 is 12.4 Å². The number of amides is 3. The van der Waals surface area contributed by atoms with Gasteiger partial charge in [-0.3, -0.25) is 9.59 Å². The van der Waals surface area contributed by atoms with Crippen molar-refractivity contribution in [1.82, 2.24) is 34.8 Å². The molecule has 0 unspecified atom stereocenters. The molecule has 18 nitrogen and oxygen atoms in total. The zero-order valence-corrected chi connectivity index (χ0v) is 39.1. The fourth-order valence-electron chi connectivity index (χ4n) is 7.02. The first-order chi connectivity index (χ1) is 34.2. The Bertz CT molecular complexity index is 3020. The standard InChI is InChI=1S/C23H20F2N4O4.C17H16F2N2O2.C9H8N4O2.ClH/c1-13-11-14(3-5-16(13)24)28-22(30)15-4-6-17(25)20-18(7-10-32-21(15)20)29-23(31)33-12-19-26-8-2-9-27-19;1-9-8-10(2-4-12(9)18)21-17(22)11-3-5-13(19)15-14(20)6-7-23-16(11)15;14-9(13-5-4-10-7-13)15-6-8-11-2-1-3-12-8;/h2-6,8-9,11,18H,7,10,12H2,1H3,(H,28,30)(H,29,31);2-5,8,14H,6-7,20H2,1H3,(H,21,22);1-5,7H,6H2;1H/t18-;14-;;/m00../s1. The maximum atomic E-state index is 14.7. The van der Waals surface area contributed by atoms with Gasteiger partial charge in [-0.1, -0.05) is 0 Å². The number of benzene rings is 4. The van der Waals surface area contributed by atoms with Gasteiger partial charge in [0.15, 0.2) is 24.9 Å². The van der Waals surface area contributed by atoms with Crippen LogP contribution in [0.15, 0.2) is 116 Å². The van der Waals surface area contributed by atoms with Crippen LogP contribution in [0.2, 0.25) is 0 Å². The molecule has 9 rings (SSSR count). The Morgan fingerprint density at radius 3 is 1.67 bits per heavy atom. The first-order valence-corrected chi connectivity index (χ1v) is 21.7. The molecule has 3 aromatic heterocycles. The zero-order chi connectivity index (χ0) is 50.4. The van der Waals surface area contributed by atoms with Crippen molar-refractivity contribution in [3.05, 3.63) is 185 Å². The molecule has 3 amide bonds. The lowest BCUT2D eigenvalue weighted by Crippen LogP contribution is -2.34. The molecule has 0 saturated carbocycles. The summed E-state index contributed by atoms with van der Waals surface area (Å²) in [7, 11) is 0. The van der Waals surface area contributed by atoms with Crippen LogP contribution in [0.3, 0.4) is 0 Å². The maximum absolute atomic E-state index is 14.7. The monoisotopic (exact) mass is 1010 g/mol. The minimum atomic E-state index is -0.781. The molecule has 4 aromatic carbocycles. The van der Waals surface area contributed by atoms with Gasteiger partial charge in [-0.05, 0) is 97.8 Å². The van der Waals surface area contributed by atoms with Gasteiger partial charge >= 0.3 is 12.2 Å². The highest BCUT2D eigenvalue weighted by Gasteiger charge is 2.32. The van der Waals surface area contributed by atoms with E-state index in [9.17, 15) is 36.7 Å². The van der Waals surface area contributed by atoms with Crippen LogP contribution in [0.1, 0.15) is 79.5 Å². The molecule has 5 N–H and O–H groups in total. The molecule has 374 valence electrons. The number of carbonyl (C=O) groups excluding carboxylic acids is 4. The third-order valence-corrected chi connectivity index (χ3v) is 10.6. The molecule has 7 aromatic rings. The number of halogens is 5. The van der Waals surface area contributed by atoms with E-state index in [4.69, 9.17) is 24.7 Å². The number of aryl methyl sites for hydroxylation is 2. The number of carbonyl (C=O) groups is 4. The number of ether oxygens (including phenoxy) is 4. The van der Waals surface area contributed by atoms with Crippen LogP contribution in [-0.2, 0) is 22.7 Å². The normalized spacial score (nSPS) is 14.0. The average molecular weight is 1010 g/mol. The maximum Gasteiger partial charge on any atom is 0.419 e. The highest BCUT2D eigenvalue weighted by molar-refractivity contribution is 6.07. The van der Waals surface area contributed by atoms with Gasteiger partial charge in [0.1, 0.15) is 41.1 Å². The van der Waals surface area contributed by atoms with E-state index in [1.807, 2.05) is 0 Å². The smallest absolute Gasteiger partial charge is 0.419 e. The van der Waals surface area contributed by atoms with Gasteiger partial charge in [-0.15, -0.1) is 12.4 Å². The molecule has 23 heteroatoms. The van der Waals surface area contributed by atoms with Gasteiger partial charge < -0.3 is 40.6 Å². The molecule has 2 aliphatic rings. The molecule has 0 spiro atoms. The second-order valence-electron chi connectivity index (χ2n) is 15.5. The predicted octanol–water partition coefficient (Wildman–Crippen LogP) is 8.65. The number of nitrogens with one attached hydrogen (secondary N) is 3. The molecule has 0 radical (unpaired) electrons. The summed E-state index contributed by atoms with van der Waals surface area (Å²) in [4.78, 5) is 68.4. The summed E-state index contributed by atoms with van der Waals surface area (Å²) >= 11 is 0. The Balaban J connectivity index is 0.000000189. The molecule has 72 heavy (non-hydrogen) atoms. The number of hydrogen-bond acceptors (Lipinski definition) is 14. The Labute approximate surface area is 414 Å². The van der Waals surface area contributed by atoms with E-state index in [0.717, 1.165) is 6.07 Å². The van der Waals surface area contributed by atoms with Crippen LogP contribution in [-0.4, -0.2) is 66.7 Å². The van der Waals surface area contributed by atoms with Gasteiger partial charge in [0.25, 0.3) is 11.8 Å². The Morgan fingerprint density at radius 1 is 0.667 bits per heavy atom. The number of anilines is 2. The van der Waals surface area contributed by atoms with Crippen molar-refractivity contribution in [2.45, 2.75) is 52.0 Å². The second-order valence-corrected chi connectivity index (χ2v) is 15.5. The Hall–Kier alpha value is -8.50.